The van der Waals surface area contributed by atoms with Gasteiger partial charge in [0.15, 0.2) is 0 Å². The highest BCUT2D eigenvalue weighted by atomic mass is 19.1. The van der Waals surface area contributed by atoms with Crippen LogP contribution in [0.3, 0.4) is 0 Å². The van der Waals surface area contributed by atoms with E-state index < -0.39 is 5.82 Å². The Bertz CT molecular complexity index is 406. The molecule has 1 N–H and O–H groups in total. The third-order valence-electron chi connectivity index (χ3n) is 4.10. The topological polar surface area (TPSA) is 12.0 Å². The summed E-state index contributed by atoms with van der Waals surface area (Å²) in [6.07, 6.45) is 3.20. The van der Waals surface area contributed by atoms with Gasteiger partial charge in [-0.15, -0.1) is 0 Å². The fourth-order valence-electron chi connectivity index (χ4n) is 3.05. The SMILES string of the molecule is Fc1ccc(C2(C3CCNC3)CC2)c(F)c1. The third-order valence-corrected chi connectivity index (χ3v) is 4.10. The zero-order valence-corrected chi connectivity index (χ0v) is 9.10. The first-order chi connectivity index (χ1) is 7.72. The Labute approximate surface area is 93.9 Å². The second-order valence-corrected chi connectivity index (χ2v) is 4.97. The minimum atomic E-state index is -0.485. The van der Waals surface area contributed by atoms with Crippen molar-refractivity contribution in [3.8, 4) is 0 Å². The molecule has 1 aliphatic heterocycles. The Morgan fingerprint density at radius 2 is 2.06 bits per heavy atom. The molecule has 3 heteroatoms. The van der Waals surface area contributed by atoms with Crippen LogP contribution in [0.2, 0.25) is 0 Å². The molecular weight excluding hydrogens is 208 g/mol. The lowest BCUT2D eigenvalue weighted by Gasteiger charge is -2.23. The molecule has 3 rings (SSSR count). The average molecular weight is 223 g/mol. The van der Waals surface area contributed by atoms with E-state index in [1.54, 1.807) is 6.07 Å². The van der Waals surface area contributed by atoms with Gasteiger partial charge in [-0.25, -0.2) is 8.78 Å². The number of rotatable bonds is 2. The Morgan fingerprint density at radius 3 is 2.62 bits per heavy atom. The molecule has 2 fully saturated rings. The van der Waals surface area contributed by atoms with E-state index >= 15 is 0 Å². The van der Waals surface area contributed by atoms with E-state index in [9.17, 15) is 8.78 Å². The molecule has 0 spiro atoms. The van der Waals surface area contributed by atoms with Crippen molar-refractivity contribution in [1.82, 2.24) is 5.32 Å². The maximum Gasteiger partial charge on any atom is 0.129 e. The van der Waals surface area contributed by atoms with Crippen LogP contribution in [0, 0.1) is 17.6 Å². The van der Waals surface area contributed by atoms with E-state index in [0.29, 0.717) is 5.92 Å². The van der Waals surface area contributed by atoms with Crippen LogP contribution < -0.4 is 5.32 Å². The quantitative estimate of drug-likeness (QED) is 0.812. The number of benzene rings is 1. The summed E-state index contributed by atoms with van der Waals surface area (Å²) < 4.78 is 26.7. The van der Waals surface area contributed by atoms with Gasteiger partial charge in [-0.3, -0.25) is 0 Å². The van der Waals surface area contributed by atoms with Crippen molar-refractivity contribution in [2.24, 2.45) is 5.92 Å². The highest BCUT2D eigenvalue weighted by molar-refractivity contribution is 5.34. The zero-order chi connectivity index (χ0) is 11.2. The Kier molecular flexibility index (Phi) is 2.25. The Balaban J connectivity index is 1.96. The van der Waals surface area contributed by atoms with Gasteiger partial charge < -0.3 is 5.32 Å². The number of nitrogens with one attached hydrogen (secondary N) is 1. The highest BCUT2D eigenvalue weighted by Crippen LogP contribution is 2.56. The van der Waals surface area contributed by atoms with Gasteiger partial charge in [-0.2, -0.15) is 0 Å². The zero-order valence-electron chi connectivity index (χ0n) is 9.10. The van der Waals surface area contributed by atoms with Gasteiger partial charge in [-0.1, -0.05) is 6.07 Å². The van der Waals surface area contributed by atoms with Crippen molar-refractivity contribution in [1.29, 1.82) is 0 Å². The standard InChI is InChI=1S/C13H15F2N/c14-10-1-2-11(12(15)7-10)13(4-5-13)9-3-6-16-8-9/h1-2,7,9,16H,3-6,8H2. The second kappa shape index (κ2) is 3.52. The predicted molar refractivity (Wildman–Crippen MR) is 58.2 cm³/mol. The lowest BCUT2D eigenvalue weighted by atomic mass is 9.82. The third kappa shape index (κ3) is 1.46. The summed E-state index contributed by atoms with van der Waals surface area (Å²) in [5.41, 5.74) is 0.726. The van der Waals surface area contributed by atoms with Gasteiger partial charge in [0.2, 0.25) is 0 Å². The molecule has 1 nitrogen and oxygen atoms in total. The summed E-state index contributed by atoms with van der Waals surface area (Å²) >= 11 is 0. The van der Waals surface area contributed by atoms with Gasteiger partial charge >= 0.3 is 0 Å². The van der Waals surface area contributed by atoms with Gasteiger partial charge in [0.25, 0.3) is 0 Å². The lowest BCUT2D eigenvalue weighted by molar-refractivity contribution is 0.420. The second-order valence-electron chi connectivity index (χ2n) is 4.97. The largest absolute Gasteiger partial charge is 0.316 e. The summed E-state index contributed by atoms with van der Waals surface area (Å²) in [5.74, 6) is -0.335. The molecule has 1 aliphatic carbocycles. The van der Waals surface area contributed by atoms with Crippen LogP contribution in [0.25, 0.3) is 0 Å². The first kappa shape index (κ1) is 10.2. The monoisotopic (exact) mass is 223 g/mol. The normalized spacial score (nSPS) is 27.0. The predicted octanol–water partition coefficient (Wildman–Crippen LogP) is 2.61. The molecule has 1 aromatic rings. The molecule has 1 aromatic carbocycles. The number of hydrogen-bond donors (Lipinski definition) is 1. The molecule has 16 heavy (non-hydrogen) atoms. The first-order valence-corrected chi connectivity index (χ1v) is 5.89. The van der Waals surface area contributed by atoms with Gasteiger partial charge in [0.05, 0.1) is 0 Å². The van der Waals surface area contributed by atoms with Crippen molar-refractivity contribution in [3.05, 3.63) is 35.4 Å². The van der Waals surface area contributed by atoms with Crippen LogP contribution >= 0.6 is 0 Å². The molecule has 2 aliphatic rings. The molecule has 0 aromatic heterocycles. The van der Waals surface area contributed by atoms with E-state index in [2.05, 4.69) is 5.32 Å². The van der Waals surface area contributed by atoms with Gasteiger partial charge in [0.1, 0.15) is 11.6 Å². The van der Waals surface area contributed by atoms with Crippen molar-refractivity contribution in [2.45, 2.75) is 24.7 Å². The van der Waals surface area contributed by atoms with E-state index in [1.165, 1.54) is 6.07 Å². The minimum absolute atomic E-state index is 0.00127. The van der Waals surface area contributed by atoms with Crippen molar-refractivity contribution < 1.29 is 8.78 Å². The van der Waals surface area contributed by atoms with E-state index in [0.717, 1.165) is 44.0 Å². The van der Waals surface area contributed by atoms with E-state index in [-0.39, 0.29) is 11.2 Å². The number of halogens is 2. The summed E-state index contributed by atoms with van der Waals surface area (Å²) in [6.45, 7) is 1.99. The maximum atomic E-state index is 13.8. The number of hydrogen-bond acceptors (Lipinski definition) is 1. The van der Waals surface area contributed by atoms with Crippen LogP contribution in [0.1, 0.15) is 24.8 Å². The Morgan fingerprint density at radius 1 is 1.25 bits per heavy atom. The van der Waals surface area contributed by atoms with Crippen LogP contribution in [0.5, 0.6) is 0 Å². The molecule has 1 saturated carbocycles. The summed E-state index contributed by atoms with van der Waals surface area (Å²) in [6, 6.07) is 4.02. The molecule has 1 atom stereocenters. The molecule has 1 heterocycles. The molecule has 86 valence electrons. The average Bonchev–Trinajstić information content (AvgIpc) is 2.87. The Hall–Kier alpha value is -0.960. The molecule has 0 amide bonds. The van der Waals surface area contributed by atoms with Crippen LogP contribution in [0.15, 0.2) is 18.2 Å². The highest BCUT2D eigenvalue weighted by Gasteiger charge is 2.52. The van der Waals surface area contributed by atoms with Crippen LogP contribution in [0.4, 0.5) is 8.78 Å². The van der Waals surface area contributed by atoms with Crippen molar-refractivity contribution in [2.75, 3.05) is 13.1 Å². The first-order valence-electron chi connectivity index (χ1n) is 5.89. The summed E-state index contributed by atoms with van der Waals surface area (Å²) in [5, 5.41) is 3.32. The van der Waals surface area contributed by atoms with Crippen molar-refractivity contribution >= 4 is 0 Å². The molecule has 0 bridgehead atoms. The smallest absolute Gasteiger partial charge is 0.129 e. The van der Waals surface area contributed by atoms with Crippen LogP contribution in [-0.2, 0) is 5.41 Å². The van der Waals surface area contributed by atoms with Gasteiger partial charge in [-0.05, 0) is 49.9 Å². The summed E-state index contributed by atoms with van der Waals surface area (Å²) in [7, 11) is 0. The molecule has 1 saturated heterocycles. The van der Waals surface area contributed by atoms with Gasteiger partial charge in [0, 0.05) is 11.5 Å². The molecule has 1 unspecified atom stereocenters. The fourth-order valence-corrected chi connectivity index (χ4v) is 3.05. The van der Waals surface area contributed by atoms with E-state index in [4.69, 9.17) is 0 Å². The minimum Gasteiger partial charge on any atom is -0.316 e. The maximum absolute atomic E-state index is 13.8. The van der Waals surface area contributed by atoms with Crippen LogP contribution in [-0.4, -0.2) is 13.1 Å². The lowest BCUT2D eigenvalue weighted by Crippen LogP contribution is -2.24. The molecule has 0 radical (unpaired) electrons. The molecular formula is C13H15F2N. The fraction of sp³-hybridized carbons (Fsp3) is 0.538. The van der Waals surface area contributed by atoms with E-state index in [1.807, 2.05) is 0 Å². The summed E-state index contributed by atoms with van der Waals surface area (Å²) in [4.78, 5) is 0. The van der Waals surface area contributed by atoms with Crippen molar-refractivity contribution in [3.63, 3.8) is 0 Å².